The van der Waals surface area contributed by atoms with Crippen LogP contribution in [0.2, 0.25) is 0 Å². The monoisotopic (exact) mass is 628 g/mol. The lowest BCUT2D eigenvalue weighted by Crippen LogP contribution is -2.57. The Hall–Kier alpha value is -4.26. The van der Waals surface area contributed by atoms with Crippen LogP contribution in [0.15, 0.2) is 85.1 Å². The molecule has 1 fully saturated rings. The normalized spacial score (nSPS) is 20.0. The summed E-state index contributed by atoms with van der Waals surface area (Å²) in [4.78, 5) is 36.3. The molecule has 0 aromatic heterocycles. The predicted octanol–water partition coefficient (Wildman–Crippen LogP) is 4.98. The highest BCUT2D eigenvalue weighted by Gasteiger charge is 2.40. The fourth-order valence-corrected chi connectivity index (χ4v) is 4.94. The van der Waals surface area contributed by atoms with E-state index in [0.29, 0.717) is 39.4 Å². The number of carbonyl (C=O) groups is 3. The molecule has 3 aromatic rings. The smallest absolute Gasteiger partial charge is 0.475 e. The van der Waals surface area contributed by atoms with E-state index in [9.17, 15) is 22.8 Å². The Morgan fingerprint density at radius 2 is 1.62 bits per heavy atom. The van der Waals surface area contributed by atoms with E-state index in [-0.39, 0.29) is 30.4 Å². The van der Waals surface area contributed by atoms with Gasteiger partial charge in [0.2, 0.25) is 5.91 Å². The molecule has 2 heterocycles. The molecule has 12 heteroatoms. The van der Waals surface area contributed by atoms with Gasteiger partial charge in [0.25, 0.3) is 5.91 Å². The first-order valence-electron chi connectivity index (χ1n) is 14.5. The first-order valence-corrected chi connectivity index (χ1v) is 14.5. The summed E-state index contributed by atoms with van der Waals surface area (Å²) in [6.45, 7) is 2.50. The number of aliphatic carboxylic acids is 1. The van der Waals surface area contributed by atoms with E-state index in [1.807, 2.05) is 54.6 Å². The number of fused-ring (bicyclic) bond motifs is 1. The van der Waals surface area contributed by atoms with Crippen LogP contribution in [0.3, 0.4) is 0 Å². The zero-order chi connectivity index (χ0) is 32.2. The molecule has 3 aromatic carbocycles. The van der Waals surface area contributed by atoms with Gasteiger partial charge in [-0.25, -0.2) is 4.79 Å². The van der Waals surface area contributed by atoms with Crippen LogP contribution in [0.5, 0.6) is 0 Å². The van der Waals surface area contributed by atoms with Crippen molar-refractivity contribution >= 4 is 28.6 Å². The minimum atomic E-state index is -5.08. The lowest BCUT2D eigenvalue weighted by Gasteiger charge is -2.39. The van der Waals surface area contributed by atoms with Crippen LogP contribution >= 0.6 is 0 Å². The number of carbonyl (C=O) groups excluding carboxylic acids is 2. The molecule has 0 radical (unpaired) electrons. The van der Waals surface area contributed by atoms with Crippen molar-refractivity contribution in [3.63, 3.8) is 0 Å². The Morgan fingerprint density at radius 3 is 2.33 bits per heavy atom. The number of benzene rings is 3. The summed E-state index contributed by atoms with van der Waals surface area (Å²) in [5.74, 6) is -3.00. The van der Waals surface area contributed by atoms with Gasteiger partial charge in [-0.05, 0) is 46.9 Å². The molecule has 9 nitrogen and oxygen atoms in total. The third-order valence-electron chi connectivity index (χ3n) is 7.19. The molecule has 3 atom stereocenters. The number of hydrogen-bond acceptors (Lipinski definition) is 6. The van der Waals surface area contributed by atoms with E-state index in [4.69, 9.17) is 24.1 Å². The second kappa shape index (κ2) is 16.2. The maximum absolute atomic E-state index is 13.1. The van der Waals surface area contributed by atoms with Gasteiger partial charge in [0.1, 0.15) is 0 Å². The largest absolute Gasteiger partial charge is 0.490 e. The highest BCUT2D eigenvalue weighted by molar-refractivity contribution is 5.85. The average Bonchev–Trinajstić information content (AvgIpc) is 3.02. The molecule has 0 spiro atoms. The summed E-state index contributed by atoms with van der Waals surface area (Å²) < 4.78 is 49.5. The molecule has 2 amide bonds. The third kappa shape index (κ3) is 10.1. The van der Waals surface area contributed by atoms with Crippen LogP contribution in [0.1, 0.15) is 30.4 Å². The van der Waals surface area contributed by atoms with Gasteiger partial charge in [0, 0.05) is 26.0 Å². The first kappa shape index (κ1) is 33.6. The zero-order valence-electron chi connectivity index (χ0n) is 24.4. The molecule has 3 unspecified atom stereocenters. The van der Waals surface area contributed by atoms with Crippen LogP contribution in [-0.2, 0) is 41.8 Å². The highest BCUT2D eigenvalue weighted by Crippen LogP contribution is 2.24. The van der Waals surface area contributed by atoms with Crippen molar-refractivity contribution in [1.29, 1.82) is 0 Å². The van der Waals surface area contributed by atoms with Gasteiger partial charge in [0.05, 0.1) is 31.8 Å². The number of halogens is 3. The van der Waals surface area contributed by atoms with Gasteiger partial charge in [0.15, 0.2) is 6.10 Å². The summed E-state index contributed by atoms with van der Waals surface area (Å²) in [7, 11) is 0. The Morgan fingerprint density at radius 1 is 0.911 bits per heavy atom. The molecule has 240 valence electrons. The maximum atomic E-state index is 13.1. The summed E-state index contributed by atoms with van der Waals surface area (Å²) in [5, 5.41) is 12.3. The third-order valence-corrected chi connectivity index (χ3v) is 7.19. The lowest BCUT2D eigenvalue weighted by molar-refractivity contribution is -0.192. The van der Waals surface area contributed by atoms with Crippen molar-refractivity contribution in [1.82, 2.24) is 10.2 Å². The van der Waals surface area contributed by atoms with E-state index in [1.54, 1.807) is 11.1 Å². The highest BCUT2D eigenvalue weighted by atomic mass is 19.4. The number of hydrogen-bond donors (Lipinski definition) is 2. The van der Waals surface area contributed by atoms with Gasteiger partial charge in [-0.3, -0.25) is 9.59 Å². The minimum absolute atomic E-state index is 0.0585. The Labute approximate surface area is 258 Å². The number of carboxylic acid groups (broad SMARTS) is 1. The molecule has 0 aliphatic carbocycles. The van der Waals surface area contributed by atoms with Gasteiger partial charge in [-0.1, -0.05) is 66.7 Å². The number of rotatable bonds is 11. The van der Waals surface area contributed by atoms with Crippen molar-refractivity contribution in [3.8, 4) is 0 Å². The molecule has 2 aliphatic rings. The quantitative estimate of drug-likeness (QED) is 0.288. The van der Waals surface area contributed by atoms with Crippen molar-refractivity contribution in [2.45, 2.75) is 56.9 Å². The number of nitrogens with zero attached hydrogens (tertiary/aromatic N) is 1. The predicted molar refractivity (Wildman–Crippen MR) is 159 cm³/mol. The van der Waals surface area contributed by atoms with Crippen LogP contribution < -0.4 is 5.32 Å². The van der Waals surface area contributed by atoms with Gasteiger partial charge in [-0.2, -0.15) is 13.2 Å². The fourth-order valence-electron chi connectivity index (χ4n) is 4.94. The zero-order valence-corrected chi connectivity index (χ0v) is 24.4. The minimum Gasteiger partial charge on any atom is -0.475 e. The van der Waals surface area contributed by atoms with E-state index < -0.39 is 18.2 Å². The first-order chi connectivity index (χ1) is 21.6. The van der Waals surface area contributed by atoms with Crippen molar-refractivity contribution < 1.29 is 46.9 Å². The van der Waals surface area contributed by atoms with Crippen molar-refractivity contribution in [2.75, 3.05) is 19.8 Å². The molecule has 45 heavy (non-hydrogen) atoms. The number of ether oxygens (including phenoxy) is 3. The number of alkyl halides is 3. The molecular formula is C33H35F3N2O7. The standard InChI is InChI=1S/C31H34N2O5.C2HF3O2/c34-29-20-27(37-18-6-17-36-21-23-7-2-1-3-8-23)14-16-33(29)28-13-15-32-31(35)30(28)38-22-24-11-12-25-9-4-5-10-26(25)19-24;3-2(4,5)1(6)7/h1-5,7-12,14,16,19,27-28,30H,6,13,15,17-18,20-22H2,(H,32,35);(H,6,7). The number of amides is 2. The Balaban J connectivity index is 0.000000591. The second-order valence-corrected chi connectivity index (χ2v) is 10.5. The number of carboxylic acids is 1. The number of nitrogens with one attached hydrogen (secondary N) is 1. The van der Waals surface area contributed by atoms with E-state index in [2.05, 4.69) is 29.6 Å². The lowest BCUT2D eigenvalue weighted by atomic mass is 9.98. The summed E-state index contributed by atoms with van der Waals surface area (Å²) in [5.41, 5.74) is 2.13. The number of piperidine rings is 1. The SMILES string of the molecule is O=C(O)C(F)(F)F.O=C1NCCC(N2C=CC(OCCCOCc3ccccc3)CC2=O)C1OCc1ccc2ccccc2c1. The van der Waals surface area contributed by atoms with Crippen LogP contribution in [0.4, 0.5) is 13.2 Å². The van der Waals surface area contributed by atoms with Crippen molar-refractivity contribution in [3.05, 3.63) is 96.2 Å². The molecule has 1 saturated heterocycles. The molecular weight excluding hydrogens is 593 g/mol. The van der Waals surface area contributed by atoms with Crippen molar-refractivity contribution in [2.24, 2.45) is 0 Å². The summed E-state index contributed by atoms with van der Waals surface area (Å²) in [6.07, 6.45) is -0.796. The van der Waals surface area contributed by atoms with Gasteiger partial charge >= 0.3 is 12.1 Å². The second-order valence-electron chi connectivity index (χ2n) is 10.5. The van der Waals surface area contributed by atoms with Crippen LogP contribution in [0, 0.1) is 0 Å². The van der Waals surface area contributed by atoms with E-state index >= 15 is 0 Å². The van der Waals surface area contributed by atoms with E-state index in [1.165, 1.54) is 0 Å². The summed E-state index contributed by atoms with van der Waals surface area (Å²) in [6, 6.07) is 24.0. The Kier molecular flexibility index (Phi) is 12.1. The Bertz CT molecular complexity index is 1470. The van der Waals surface area contributed by atoms with Gasteiger partial charge < -0.3 is 29.5 Å². The van der Waals surface area contributed by atoms with Gasteiger partial charge in [-0.15, -0.1) is 0 Å². The van der Waals surface area contributed by atoms with Crippen LogP contribution in [0.25, 0.3) is 10.8 Å². The molecule has 0 saturated carbocycles. The molecule has 2 N–H and O–H groups in total. The fraction of sp³-hybridized carbons (Fsp3) is 0.364. The molecule has 0 bridgehead atoms. The van der Waals surface area contributed by atoms with E-state index in [0.717, 1.165) is 28.3 Å². The molecule has 2 aliphatic heterocycles. The summed E-state index contributed by atoms with van der Waals surface area (Å²) >= 11 is 0. The molecule has 5 rings (SSSR count). The maximum Gasteiger partial charge on any atom is 0.490 e. The topological polar surface area (TPSA) is 114 Å². The average molecular weight is 629 g/mol. The van der Waals surface area contributed by atoms with Crippen LogP contribution in [-0.4, -0.2) is 72.0 Å².